The fraction of sp³-hybridized carbons (Fsp3) is 0.800. The van der Waals surface area contributed by atoms with Crippen LogP contribution in [0.1, 0.15) is 50.4 Å². The highest BCUT2D eigenvalue weighted by molar-refractivity contribution is 5.24. The van der Waals surface area contributed by atoms with Crippen LogP contribution in [0, 0.1) is 0 Å². The number of nitrogens with one attached hydrogen (secondary N) is 1. The Bertz CT molecular complexity index is 437. The number of aromatic nitrogens is 2. The summed E-state index contributed by atoms with van der Waals surface area (Å²) in [4.78, 5) is 2.57. The maximum Gasteiger partial charge on any atom is 0.0540 e. The van der Waals surface area contributed by atoms with Crippen molar-refractivity contribution in [3.05, 3.63) is 17.5 Å². The summed E-state index contributed by atoms with van der Waals surface area (Å²) in [7, 11) is 2.07. The summed E-state index contributed by atoms with van der Waals surface area (Å²) in [6.45, 7) is 7.02. The highest BCUT2D eigenvalue weighted by Gasteiger charge is 2.29. The van der Waals surface area contributed by atoms with Crippen molar-refractivity contribution in [3.8, 4) is 0 Å². The second-order valence-corrected chi connectivity index (χ2v) is 6.36. The molecule has 1 aromatic heterocycles. The van der Waals surface area contributed by atoms with E-state index in [9.17, 15) is 0 Å². The molecule has 0 radical (unpaired) electrons. The van der Waals surface area contributed by atoms with Crippen molar-refractivity contribution in [2.75, 3.05) is 13.1 Å². The molecule has 1 aliphatic heterocycles. The molecule has 1 N–H and O–H groups in total. The molecular weight excluding hydrogens is 236 g/mol. The Labute approximate surface area is 116 Å². The summed E-state index contributed by atoms with van der Waals surface area (Å²) in [6, 6.07) is 1.85. The molecule has 0 saturated carbocycles. The van der Waals surface area contributed by atoms with E-state index in [0.29, 0.717) is 18.1 Å². The number of hydrogen-bond acceptors (Lipinski definition) is 3. The monoisotopic (exact) mass is 262 g/mol. The Morgan fingerprint density at radius 2 is 2.21 bits per heavy atom. The Balaban J connectivity index is 1.65. The van der Waals surface area contributed by atoms with E-state index in [4.69, 9.17) is 0 Å². The second kappa shape index (κ2) is 5.25. The molecule has 2 aliphatic rings. The third kappa shape index (κ3) is 2.56. The zero-order valence-corrected chi connectivity index (χ0v) is 12.4. The van der Waals surface area contributed by atoms with Crippen LogP contribution in [0.2, 0.25) is 0 Å². The quantitative estimate of drug-likeness (QED) is 0.903. The fourth-order valence-electron chi connectivity index (χ4n) is 3.56. The van der Waals surface area contributed by atoms with Crippen LogP contribution < -0.4 is 5.32 Å². The molecule has 3 rings (SSSR count). The van der Waals surface area contributed by atoms with Crippen molar-refractivity contribution < 1.29 is 0 Å². The highest BCUT2D eigenvalue weighted by atomic mass is 15.3. The minimum Gasteiger partial charge on any atom is -0.306 e. The SMILES string of the molecule is CC(C)N1CCC(NC2CCCc3c2cnn3C)C1. The minimum atomic E-state index is 0.523. The molecule has 106 valence electrons. The molecule has 2 heterocycles. The van der Waals surface area contributed by atoms with Crippen LogP contribution in [0.25, 0.3) is 0 Å². The van der Waals surface area contributed by atoms with Gasteiger partial charge in [0.15, 0.2) is 0 Å². The van der Waals surface area contributed by atoms with Crippen molar-refractivity contribution in [2.24, 2.45) is 7.05 Å². The summed E-state index contributed by atoms with van der Waals surface area (Å²) >= 11 is 0. The molecule has 2 unspecified atom stereocenters. The Morgan fingerprint density at radius 1 is 1.37 bits per heavy atom. The van der Waals surface area contributed by atoms with Crippen molar-refractivity contribution in [3.63, 3.8) is 0 Å². The lowest BCUT2D eigenvalue weighted by Gasteiger charge is -2.27. The smallest absolute Gasteiger partial charge is 0.0540 e. The number of hydrogen-bond donors (Lipinski definition) is 1. The third-order valence-electron chi connectivity index (χ3n) is 4.76. The van der Waals surface area contributed by atoms with Gasteiger partial charge in [-0.05, 0) is 46.1 Å². The third-order valence-corrected chi connectivity index (χ3v) is 4.76. The van der Waals surface area contributed by atoms with Gasteiger partial charge in [-0.1, -0.05) is 0 Å². The predicted molar refractivity (Wildman–Crippen MR) is 77.1 cm³/mol. The summed E-state index contributed by atoms with van der Waals surface area (Å²) in [5, 5.41) is 8.31. The maximum absolute atomic E-state index is 4.43. The van der Waals surface area contributed by atoms with E-state index in [2.05, 4.69) is 47.1 Å². The standard InChI is InChI=1S/C15H26N4/c1-11(2)19-8-7-12(10-19)17-14-5-4-6-15-13(14)9-16-18(15)3/h9,11-12,14,17H,4-8,10H2,1-3H3. The molecule has 19 heavy (non-hydrogen) atoms. The van der Waals surface area contributed by atoms with E-state index in [-0.39, 0.29) is 0 Å². The van der Waals surface area contributed by atoms with Crippen molar-refractivity contribution in [2.45, 2.75) is 57.7 Å². The molecule has 1 aliphatic carbocycles. The molecule has 0 amide bonds. The number of likely N-dealkylation sites (tertiary alicyclic amines) is 1. The first-order chi connectivity index (χ1) is 9.15. The molecule has 0 bridgehead atoms. The average molecular weight is 262 g/mol. The molecule has 0 aromatic carbocycles. The van der Waals surface area contributed by atoms with Gasteiger partial charge in [-0.25, -0.2) is 0 Å². The van der Waals surface area contributed by atoms with Crippen LogP contribution in [0.3, 0.4) is 0 Å². The number of rotatable bonds is 3. The summed E-state index contributed by atoms with van der Waals surface area (Å²) in [6.07, 6.45) is 7.08. The molecule has 1 fully saturated rings. The lowest BCUT2D eigenvalue weighted by molar-refractivity contribution is 0.263. The van der Waals surface area contributed by atoms with Crippen LogP contribution in [-0.2, 0) is 13.5 Å². The van der Waals surface area contributed by atoms with Gasteiger partial charge in [0.1, 0.15) is 0 Å². The first-order valence-electron chi connectivity index (χ1n) is 7.66. The molecule has 0 spiro atoms. The average Bonchev–Trinajstić information content (AvgIpc) is 2.98. The van der Waals surface area contributed by atoms with E-state index in [1.54, 1.807) is 0 Å². The summed E-state index contributed by atoms with van der Waals surface area (Å²) in [5.74, 6) is 0. The van der Waals surface area contributed by atoms with Crippen molar-refractivity contribution >= 4 is 0 Å². The zero-order valence-electron chi connectivity index (χ0n) is 12.4. The van der Waals surface area contributed by atoms with Crippen LogP contribution in [0.15, 0.2) is 6.20 Å². The Hall–Kier alpha value is -0.870. The minimum absolute atomic E-state index is 0.523. The Morgan fingerprint density at radius 3 is 2.95 bits per heavy atom. The van der Waals surface area contributed by atoms with Crippen LogP contribution in [0.5, 0.6) is 0 Å². The lowest BCUT2D eigenvalue weighted by atomic mass is 9.92. The number of fused-ring (bicyclic) bond motifs is 1. The van der Waals surface area contributed by atoms with Gasteiger partial charge >= 0.3 is 0 Å². The molecule has 1 aromatic rings. The predicted octanol–water partition coefficient (Wildman–Crippen LogP) is 1.87. The normalized spacial score (nSPS) is 28.0. The molecule has 4 nitrogen and oxygen atoms in total. The van der Waals surface area contributed by atoms with Gasteiger partial charge in [0, 0.05) is 43.0 Å². The Kier molecular flexibility index (Phi) is 3.63. The van der Waals surface area contributed by atoms with Crippen LogP contribution in [-0.4, -0.2) is 39.9 Å². The largest absolute Gasteiger partial charge is 0.306 e. The van der Waals surface area contributed by atoms with Gasteiger partial charge in [0.05, 0.1) is 6.20 Å². The number of aryl methyl sites for hydroxylation is 1. The fourth-order valence-corrected chi connectivity index (χ4v) is 3.56. The highest BCUT2D eigenvalue weighted by Crippen LogP contribution is 2.30. The zero-order chi connectivity index (χ0) is 13.4. The molecule has 2 atom stereocenters. The van der Waals surface area contributed by atoms with Gasteiger partial charge in [-0.2, -0.15) is 5.10 Å². The van der Waals surface area contributed by atoms with Gasteiger partial charge < -0.3 is 5.32 Å². The van der Waals surface area contributed by atoms with Gasteiger partial charge in [0.25, 0.3) is 0 Å². The van der Waals surface area contributed by atoms with E-state index >= 15 is 0 Å². The first-order valence-corrected chi connectivity index (χ1v) is 7.66. The summed E-state index contributed by atoms with van der Waals surface area (Å²) in [5.41, 5.74) is 2.87. The topological polar surface area (TPSA) is 33.1 Å². The van der Waals surface area contributed by atoms with Crippen LogP contribution in [0.4, 0.5) is 0 Å². The van der Waals surface area contributed by atoms with Gasteiger partial charge in [-0.15, -0.1) is 0 Å². The van der Waals surface area contributed by atoms with E-state index in [1.807, 2.05) is 0 Å². The van der Waals surface area contributed by atoms with Crippen molar-refractivity contribution in [1.82, 2.24) is 20.0 Å². The maximum atomic E-state index is 4.43. The van der Waals surface area contributed by atoms with Crippen LogP contribution >= 0.6 is 0 Å². The van der Waals surface area contributed by atoms with Crippen molar-refractivity contribution in [1.29, 1.82) is 0 Å². The number of nitrogens with zero attached hydrogens (tertiary/aromatic N) is 3. The van der Waals surface area contributed by atoms with Gasteiger partial charge in [0.2, 0.25) is 0 Å². The van der Waals surface area contributed by atoms with E-state index in [0.717, 1.165) is 0 Å². The molecular formula is C15H26N4. The lowest BCUT2D eigenvalue weighted by Crippen LogP contribution is -2.38. The molecule has 1 saturated heterocycles. The summed E-state index contributed by atoms with van der Waals surface area (Å²) < 4.78 is 2.05. The second-order valence-electron chi connectivity index (χ2n) is 6.36. The first kappa shape index (κ1) is 13.1. The van der Waals surface area contributed by atoms with E-state index < -0.39 is 0 Å². The van der Waals surface area contributed by atoms with Gasteiger partial charge in [-0.3, -0.25) is 9.58 Å². The van der Waals surface area contributed by atoms with E-state index in [1.165, 1.54) is 50.0 Å². The molecule has 4 heteroatoms.